The summed E-state index contributed by atoms with van der Waals surface area (Å²) in [6.07, 6.45) is -10.6. The lowest BCUT2D eigenvalue weighted by atomic mass is 10.4. The van der Waals surface area contributed by atoms with E-state index >= 15 is 0 Å². The summed E-state index contributed by atoms with van der Waals surface area (Å²) in [7, 11) is 0. The molecular weight excluding hydrogens is 214 g/mol. The number of rotatable bonds is 2. The topological polar surface area (TPSA) is 40.1 Å². The van der Waals surface area contributed by atoms with Crippen LogP contribution in [0.2, 0.25) is 0 Å². The zero-order valence-electron chi connectivity index (χ0n) is 5.07. The van der Waals surface area contributed by atoms with E-state index in [1.165, 1.54) is 0 Å². The fourth-order valence-corrected chi connectivity index (χ4v) is 0.578. The molecule has 0 heterocycles. The molecular formula is C3HF6O2S-. The van der Waals surface area contributed by atoms with Gasteiger partial charge in [0.05, 0.1) is 0 Å². The van der Waals surface area contributed by atoms with Crippen LogP contribution in [0.25, 0.3) is 0 Å². The van der Waals surface area contributed by atoms with Crippen molar-refractivity contribution < 1.29 is 35.1 Å². The van der Waals surface area contributed by atoms with E-state index in [2.05, 4.69) is 0 Å². The number of hydrogen-bond acceptors (Lipinski definition) is 2. The Kier molecular flexibility index (Phi) is 3.12. The number of hydrogen-bond donors (Lipinski definition) is 0. The molecule has 2 atom stereocenters. The minimum atomic E-state index is -5.89. The van der Waals surface area contributed by atoms with Crippen molar-refractivity contribution in [1.82, 2.24) is 0 Å². The predicted octanol–water partition coefficient (Wildman–Crippen LogP) is 1.36. The van der Waals surface area contributed by atoms with E-state index in [0.717, 1.165) is 0 Å². The van der Waals surface area contributed by atoms with Crippen molar-refractivity contribution >= 4 is 11.1 Å². The van der Waals surface area contributed by atoms with Crippen LogP contribution in [0.4, 0.5) is 26.3 Å². The lowest BCUT2D eigenvalue weighted by molar-refractivity contribution is -0.222. The van der Waals surface area contributed by atoms with Gasteiger partial charge in [0.25, 0.3) is 6.17 Å². The van der Waals surface area contributed by atoms with E-state index in [1.807, 2.05) is 0 Å². The van der Waals surface area contributed by atoms with Crippen LogP contribution in [0.15, 0.2) is 0 Å². The quantitative estimate of drug-likeness (QED) is 0.515. The molecule has 0 aromatic carbocycles. The van der Waals surface area contributed by atoms with Gasteiger partial charge in [-0.3, -0.25) is 4.21 Å². The van der Waals surface area contributed by atoms with E-state index in [4.69, 9.17) is 0 Å². The van der Waals surface area contributed by atoms with Gasteiger partial charge < -0.3 is 4.55 Å². The van der Waals surface area contributed by atoms with Crippen LogP contribution in [-0.4, -0.2) is 26.4 Å². The molecule has 0 saturated carbocycles. The van der Waals surface area contributed by atoms with Crippen LogP contribution in [0.1, 0.15) is 0 Å². The molecule has 12 heavy (non-hydrogen) atoms. The molecule has 0 aromatic rings. The van der Waals surface area contributed by atoms with Crippen molar-refractivity contribution in [3.63, 3.8) is 0 Å². The van der Waals surface area contributed by atoms with Crippen molar-refractivity contribution in [2.75, 3.05) is 0 Å². The van der Waals surface area contributed by atoms with E-state index < -0.39 is 28.7 Å². The first-order valence-corrected chi connectivity index (χ1v) is 3.35. The summed E-state index contributed by atoms with van der Waals surface area (Å²) in [4.78, 5) is 0. The van der Waals surface area contributed by atoms with E-state index in [0.29, 0.717) is 0 Å². The fraction of sp³-hybridized carbons (Fsp3) is 1.00. The third-order valence-electron chi connectivity index (χ3n) is 0.805. The second-order valence-corrected chi connectivity index (χ2v) is 2.71. The van der Waals surface area contributed by atoms with Crippen LogP contribution in [0.3, 0.4) is 0 Å². The monoisotopic (exact) mass is 215 g/mol. The van der Waals surface area contributed by atoms with Crippen molar-refractivity contribution in [2.45, 2.75) is 17.6 Å². The van der Waals surface area contributed by atoms with Crippen molar-refractivity contribution in [1.29, 1.82) is 0 Å². The average molecular weight is 215 g/mol. The van der Waals surface area contributed by atoms with Gasteiger partial charge in [-0.2, -0.15) is 22.0 Å². The molecule has 0 radical (unpaired) electrons. The van der Waals surface area contributed by atoms with Crippen LogP contribution < -0.4 is 0 Å². The molecule has 0 spiro atoms. The van der Waals surface area contributed by atoms with Gasteiger partial charge in [0.1, 0.15) is 0 Å². The third-order valence-corrected chi connectivity index (χ3v) is 1.46. The molecule has 0 rings (SSSR count). The molecule has 0 aromatic heterocycles. The molecule has 9 heteroatoms. The highest BCUT2D eigenvalue weighted by Gasteiger charge is 2.57. The Morgan fingerprint density at radius 3 is 1.58 bits per heavy atom. The van der Waals surface area contributed by atoms with Gasteiger partial charge in [-0.15, -0.1) is 0 Å². The van der Waals surface area contributed by atoms with Crippen molar-refractivity contribution in [3.05, 3.63) is 0 Å². The van der Waals surface area contributed by atoms with Gasteiger partial charge in [-0.1, -0.05) is 0 Å². The largest absolute Gasteiger partial charge is 0.768 e. The fourth-order valence-electron chi connectivity index (χ4n) is 0.275. The highest BCUT2D eigenvalue weighted by Crippen LogP contribution is 2.36. The minimum absolute atomic E-state index is 4.43. The maximum atomic E-state index is 11.7. The summed E-state index contributed by atoms with van der Waals surface area (Å²) in [6, 6.07) is 0. The van der Waals surface area contributed by atoms with Crippen LogP contribution in [0, 0.1) is 0 Å². The third kappa shape index (κ3) is 2.34. The molecule has 2 nitrogen and oxygen atoms in total. The molecule has 0 N–H and O–H groups in total. The summed E-state index contributed by atoms with van der Waals surface area (Å²) in [5.74, 6) is 0. The Morgan fingerprint density at radius 2 is 1.50 bits per heavy atom. The average Bonchev–Trinajstić information content (AvgIpc) is 1.83. The Morgan fingerprint density at radius 1 is 1.17 bits per heavy atom. The molecule has 0 aliphatic carbocycles. The summed E-state index contributed by atoms with van der Waals surface area (Å²) in [5.41, 5.74) is 0. The standard InChI is InChI=1S/C3H2F6O2S/c4-1(2(5,6)7)3(8,9)12(10)11/h1H,(H,10,11)/p-1. The molecule has 0 aliphatic rings. The Bertz CT molecular complexity index is 188. The molecule has 2 unspecified atom stereocenters. The molecule has 0 fully saturated rings. The lowest BCUT2D eigenvalue weighted by Crippen LogP contribution is -2.44. The highest BCUT2D eigenvalue weighted by molar-refractivity contribution is 7.80. The van der Waals surface area contributed by atoms with Gasteiger partial charge >= 0.3 is 11.4 Å². The maximum absolute atomic E-state index is 11.7. The van der Waals surface area contributed by atoms with Crippen LogP contribution in [0.5, 0.6) is 0 Å². The van der Waals surface area contributed by atoms with Crippen LogP contribution in [-0.2, 0) is 11.1 Å². The Hall–Kier alpha value is -0.310. The van der Waals surface area contributed by atoms with E-state index in [9.17, 15) is 35.1 Å². The molecule has 0 amide bonds. The first-order chi connectivity index (χ1) is 5.10. The summed E-state index contributed by atoms with van der Waals surface area (Å²) in [5, 5.41) is -5.43. The second-order valence-electron chi connectivity index (χ2n) is 1.70. The van der Waals surface area contributed by atoms with Crippen molar-refractivity contribution in [3.8, 4) is 0 Å². The lowest BCUT2D eigenvalue weighted by Gasteiger charge is -2.23. The Labute approximate surface area is 64.8 Å². The van der Waals surface area contributed by atoms with Gasteiger partial charge in [0, 0.05) is 11.1 Å². The molecule has 0 bridgehead atoms. The Balaban J connectivity index is 4.69. The smallest absolute Gasteiger partial charge is 0.426 e. The zero-order chi connectivity index (χ0) is 10.2. The zero-order valence-corrected chi connectivity index (χ0v) is 5.89. The summed E-state index contributed by atoms with van der Waals surface area (Å²) in [6.45, 7) is 0. The normalized spacial score (nSPS) is 18.9. The molecule has 74 valence electrons. The van der Waals surface area contributed by atoms with Gasteiger partial charge in [-0.05, 0) is 0 Å². The maximum Gasteiger partial charge on any atom is 0.426 e. The van der Waals surface area contributed by atoms with Crippen molar-refractivity contribution in [2.24, 2.45) is 0 Å². The van der Waals surface area contributed by atoms with Gasteiger partial charge in [-0.25, -0.2) is 4.39 Å². The van der Waals surface area contributed by atoms with Gasteiger partial charge in [0.15, 0.2) is 0 Å². The highest BCUT2D eigenvalue weighted by atomic mass is 32.2. The van der Waals surface area contributed by atoms with Gasteiger partial charge in [0.2, 0.25) is 0 Å². The number of halogens is 6. The number of alkyl halides is 6. The van der Waals surface area contributed by atoms with E-state index in [-0.39, 0.29) is 0 Å². The second kappa shape index (κ2) is 3.21. The SMILES string of the molecule is O=S([O-])C(F)(F)C(F)C(F)(F)F. The predicted molar refractivity (Wildman–Crippen MR) is 24.8 cm³/mol. The first-order valence-electron chi connectivity index (χ1n) is 2.28. The minimum Gasteiger partial charge on any atom is -0.768 e. The molecule has 0 aliphatic heterocycles. The van der Waals surface area contributed by atoms with E-state index in [1.54, 1.807) is 0 Å². The summed E-state index contributed by atoms with van der Waals surface area (Å²) < 4.78 is 87.5. The first kappa shape index (κ1) is 11.7. The van der Waals surface area contributed by atoms with Crippen LogP contribution >= 0.6 is 0 Å². The summed E-state index contributed by atoms with van der Waals surface area (Å²) >= 11 is -4.43. The molecule has 0 saturated heterocycles.